The quantitative estimate of drug-likeness (QED) is 0.310. The summed E-state index contributed by atoms with van der Waals surface area (Å²) >= 11 is 0. The first-order valence-electron chi connectivity index (χ1n) is 13.6. The highest BCUT2D eigenvalue weighted by molar-refractivity contribution is 5.98. The van der Waals surface area contributed by atoms with Crippen molar-refractivity contribution < 1.29 is 42.1 Å². The van der Waals surface area contributed by atoms with E-state index in [1.165, 1.54) is 5.01 Å². The van der Waals surface area contributed by atoms with Gasteiger partial charge in [-0.25, -0.2) is 9.80 Å². The van der Waals surface area contributed by atoms with Crippen LogP contribution in [-0.2, 0) is 38.4 Å². The predicted molar refractivity (Wildman–Crippen MR) is 149 cm³/mol. The number of nitrogens with one attached hydrogen (secondary N) is 1. The molecule has 2 amide bonds. The SMILES string of the molecule is O=C(O)OC1Cc2cccc(NC(=O)C(CCC(F)(F)F)c3ccc(CN4N=C(c5ccccc5)OCC4=O)cc3)c2C1. The number of hydrogen-bond donors (Lipinski definition) is 2. The number of hydrogen-bond acceptors (Lipinski definition) is 6. The molecular formula is C31H28F3N3O6. The van der Waals surface area contributed by atoms with Gasteiger partial charge in [0.2, 0.25) is 11.8 Å². The van der Waals surface area contributed by atoms with Gasteiger partial charge in [0.05, 0.1) is 12.5 Å². The Bertz CT molecular complexity index is 1530. The molecule has 0 fully saturated rings. The zero-order valence-corrected chi connectivity index (χ0v) is 22.8. The number of halogens is 3. The van der Waals surface area contributed by atoms with Crippen LogP contribution in [0.5, 0.6) is 0 Å². The Morgan fingerprint density at radius 1 is 1.05 bits per heavy atom. The normalized spacial score (nSPS) is 17.0. The van der Waals surface area contributed by atoms with Gasteiger partial charge in [0.1, 0.15) is 6.10 Å². The average Bonchev–Trinajstić information content (AvgIpc) is 3.38. The van der Waals surface area contributed by atoms with Crippen molar-refractivity contribution in [1.82, 2.24) is 5.01 Å². The molecular weight excluding hydrogens is 567 g/mol. The second kappa shape index (κ2) is 12.6. The largest absolute Gasteiger partial charge is 0.506 e. The highest BCUT2D eigenvalue weighted by Gasteiger charge is 2.33. The number of carbonyl (C=O) groups is 3. The monoisotopic (exact) mass is 595 g/mol. The lowest BCUT2D eigenvalue weighted by atomic mass is 9.92. The minimum Gasteiger partial charge on any atom is -0.466 e. The van der Waals surface area contributed by atoms with Crippen molar-refractivity contribution in [2.75, 3.05) is 11.9 Å². The van der Waals surface area contributed by atoms with Crippen molar-refractivity contribution in [2.45, 2.75) is 50.4 Å². The molecule has 0 saturated carbocycles. The number of ether oxygens (including phenoxy) is 2. The molecule has 1 heterocycles. The molecule has 43 heavy (non-hydrogen) atoms. The number of carbonyl (C=O) groups excluding carboxylic acids is 2. The Morgan fingerprint density at radius 3 is 2.49 bits per heavy atom. The summed E-state index contributed by atoms with van der Waals surface area (Å²) in [6.07, 6.45) is -7.51. The fraction of sp³-hybridized carbons (Fsp3) is 0.290. The zero-order valence-electron chi connectivity index (χ0n) is 22.8. The fourth-order valence-electron chi connectivity index (χ4n) is 5.20. The smallest absolute Gasteiger partial charge is 0.466 e. The number of fused-ring (bicyclic) bond motifs is 1. The van der Waals surface area contributed by atoms with Gasteiger partial charge < -0.3 is 19.9 Å². The highest BCUT2D eigenvalue weighted by Crippen LogP contribution is 2.34. The summed E-state index contributed by atoms with van der Waals surface area (Å²) < 4.78 is 50.0. The van der Waals surface area contributed by atoms with Crippen LogP contribution in [0.1, 0.15) is 46.6 Å². The highest BCUT2D eigenvalue weighted by atomic mass is 19.4. The molecule has 3 aromatic carbocycles. The number of nitrogens with zero attached hydrogens (tertiary/aromatic N) is 2. The standard InChI is InChI=1S/C31H28F3N3O6/c32-31(33,34)14-13-24(28(39)35-26-8-4-7-22-15-23(16-25(22)26)43-30(40)41)20-11-9-19(10-12-20)17-37-27(38)18-42-29(36-37)21-5-2-1-3-6-21/h1-12,23-24H,13-18H2,(H,35,39)(H,40,41). The molecule has 0 aromatic heterocycles. The molecule has 5 rings (SSSR count). The molecule has 2 N–H and O–H groups in total. The number of amides is 2. The van der Waals surface area contributed by atoms with Crippen LogP contribution < -0.4 is 5.32 Å². The summed E-state index contributed by atoms with van der Waals surface area (Å²) in [7, 11) is 0. The molecule has 9 nitrogen and oxygen atoms in total. The summed E-state index contributed by atoms with van der Waals surface area (Å²) in [4.78, 5) is 36.8. The van der Waals surface area contributed by atoms with E-state index in [9.17, 15) is 27.6 Å². The number of hydrazone groups is 1. The second-order valence-electron chi connectivity index (χ2n) is 10.3. The number of anilines is 1. The molecule has 2 atom stereocenters. The van der Waals surface area contributed by atoms with Gasteiger partial charge >= 0.3 is 12.3 Å². The van der Waals surface area contributed by atoms with E-state index in [1.54, 1.807) is 54.6 Å². The molecule has 0 saturated heterocycles. The minimum absolute atomic E-state index is 0.105. The Labute approximate surface area is 244 Å². The lowest BCUT2D eigenvalue weighted by Crippen LogP contribution is -2.36. The van der Waals surface area contributed by atoms with Crippen LogP contribution in [-0.4, -0.2) is 52.9 Å². The third-order valence-electron chi connectivity index (χ3n) is 7.28. The van der Waals surface area contributed by atoms with E-state index in [0.29, 0.717) is 40.3 Å². The molecule has 224 valence electrons. The molecule has 12 heteroatoms. The van der Waals surface area contributed by atoms with Crippen LogP contribution in [0, 0.1) is 0 Å². The second-order valence-corrected chi connectivity index (χ2v) is 10.3. The fourth-order valence-corrected chi connectivity index (χ4v) is 5.20. The first-order valence-corrected chi connectivity index (χ1v) is 13.6. The van der Waals surface area contributed by atoms with Crippen LogP contribution >= 0.6 is 0 Å². The van der Waals surface area contributed by atoms with Crippen LogP contribution in [0.2, 0.25) is 0 Å². The van der Waals surface area contributed by atoms with Gasteiger partial charge in [-0.3, -0.25) is 9.59 Å². The maximum absolute atomic E-state index is 13.4. The topological polar surface area (TPSA) is 118 Å². The average molecular weight is 596 g/mol. The van der Waals surface area contributed by atoms with Crippen molar-refractivity contribution >= 4 is 29.6 Å². The summed E-state index contributed by atoms with van der Waals surface area (Å²) in [5, 5.41) is 17.3. The van der Waals surface area contributed by atoms with Gasteiger partial charge in [-0.2, -0.15) is 13.2 Å². The molecule has 2 aliphatic rings. The van der Waals surface area contributed by atoms with Crippen molar-refractivity contribution in [3.05, 3.63) is 101 Å². The molecule has 3 aromatic rings. The summed E-state index contributed by atoms with van der Waals surface area (Å²) in [5.41, 5.74) is 3.66. The lowest BCUT2D eigenvalue weighted by molar-refractivity contribution is -0.138. The van der Waals surface area contributed by atoms with E-state index < -0.39 is 43.1 Å². The Hall–Kier alpha value is -4.87. The van der Waals surface area contributed by atoms with Gasteiger partial charge in [-0.15, -0.1) is 5.10 Å². The van der Waals surface area contributed by atoms with Gasteiger partial charge in [-0.05, 0) is 46.9 Å². The molecule has 2 unspecified atom stereocenters. The van der Waals surface area contributed by atoms with Crippen molar-refractivity contribution in [2.24, 2.45) is 5.10 Å². The first kappa shape index (κ1) is 29.6. The van der Waals surface area contributed by atoms with Gasteiger partial charge in [0.25, 0.3) is 5.91 Å². The molecule has 1 aliphatic heterocycles. The first-order chi connectivity index (χ1) is 20.6. The lowest BCUT2D eigenvalue weighted by Gasteiger charge is -2.24. The molecule has 0 spiro atoms. The van der Waals surface area contributed by atoms with E-state index in [-0.39, 0.29) is 25.5 Å². The predicted octanol–water partition coefficient (Wildman–Crippen LogP) is 5.63. The van der Waals surface area contributed by atoms with Crippen molar-refractivity contribution in [1.29, 1.82) is 0 Å². The molecule has 1 aliphatic carbocycles. The minimum atomic E-state index is -4.46. The summed E-state index contributed by atoms with van der Waals surface area (Å²) in [6.45, 7) is -0.0776. The summed E-state index contributed by atoms with van der Waals surface area (Å²) in [6, 6.07) is 20.7. The number of benzene rings is 3. The molecule has 0 radical (unpaired) electrons. The van der Waals surface area contributed by atoms with Gasteiger partial charge in [0, 0.05) is 30.5 Å². The number of rotatable bonds is 9. The van der Waals surface area contributed by atoms with E-state index >= 15 is 0 Å². The Morgan fingerprint density at radius 2 is 1.79 bits per heavy atom. The van der Waals surface area contributed by atoms with Crippen molar-refractivity contribution in [3.63, 3.8) is 0 Å². The maximum atomic E-state index is 13.4. The van der Waals surface area contributed by atoms with Crippen LogP contribution in [0.3, 0.4) is 0 Å². The molecule has 0 bridgehead atoms. The van der Waals surface area contributed by atoms with E-state index in [4.69, 9.17) is 14.6 Å². The van der Waals surface area contributed by atoms with Gasteiger partial charge in [-0.1, -0.05) is 54.6 Å². The van der Waals surface area contributed by atoms with Crippen LogP contribution in [0.15, 0.2) is 77.9 Å². The maximum Gasteiger partial charge on any atom is 0.506 e. The van der Waals surface area contributed by atoms with Crippen LogP contribution in [0.25, 0.3) is 0 Å². The summed E-state index contributed by atoms with van der Waals surface area (Å²) in [5.74, 6) is -1.79. The van der Waals surface area contributed by atoms with Crippen molar-refractivity contribution in [3.8, 4) is 0 Å². The van der Waals surface area contributed by atoms with E-state index in [0.717, 1.165) is 5.56 Å². The number of carboxylic acid groups (broad SMARTS) is 1. The van der Waals surface area contributed by atoms with E-state index in [1.807, 2.05) is 18.2 Å². The van der Waals surface area contributed by atoms with Gasteiger partial charge in [0.15, 0.2) is 6.61 Å². The third-order valence-corrected chi connectivity index (χ3v) is 7.28. The third kappa shape index (κ3) is 7.51. The Kier molecular flexibility index (Phi) is 8.65. The van der Waals surface area contributed by atoms with Crippen LogP contribution in [0.4, 0.5) is 23.7 Å². The Balaban J connectivity index is 1.32. The number of alkyl halides is 3. The van der Waals surface area contributed by atoms with E-state index in [2.05, 4.69) is 10.4 Å². The zero-order chi connectivity index (χ0) is 30.6.